The summed E-state index contributed by atoms with van der Waals surface area (Å²) in [4.78, 5) is 14.4. The van der Waals surface area contributed by atoms with Gasteiger partial charge in [0.25, 0.3) is 0 Å². The third-order valence-corrected chi connectivity index (χ3v) is 3.09. The van der Waals surface area contributed by atoms with Gasteiger partial charge in [-0.3, -0.25) is 4.79 Å². The van der Waals surface area contributed by atoms with E-state index in [1.165, 1.54) is 10.9 Å². The first-order valence-corrected chi connectivity index (χ1v) is 6.14. The molecule has 0 bridgehead atoms. The molecule has 0 saturated heterocycles. The van der Waals surface area contributed by atoms with E-state index in [1.807, 2.05) is 12.1 Å². The molecule has 1 aromatic heterocycles. The minimum atomic E-state index is -0.121. The number of aryl methyl sites for hydroxylation is 1. The van der Waals surface area contributed by atoms with Crippen LogP contribution in [0, 0.1) is 6.92 Å². The number of alkyl halides is 1. The lowest BCUT2D eigenvalue weighted by molar-refractivity contribution is -0.118. The maximum absolute atomic E-state index is 11.0. The predicted octanol–water partition coefficient (Wildman–Crippen LogP) is 2.37. The molecule has 0 fully saturated rings. The number of carbonyl (C=O) groups excluding carboxylic acids is 1. The molecule has 2 rings (SSSR count). The monoisotopic (exact) mass is 250 g/mol. The van der Waals surface area contributed by atoms with Crippen molar-refractivity contribution >= 4 is 28.4 Å². The number of para-hydroxylation sites is 1. The average molecular weight is 251 g/mol. The fraction of sp³-hybridized carbons (Fsp3) is 0.308. The molecular formula is C13H15ClN2O. The van der Waals surface area contributed by atoms with E-state index in [0.717, 1.165) is 17.6 Å². The molecule has 0 saturated carbocycles. The highest BCUT2D eigenvalue weighted by Crippen LogP contribution is 2.21. The van der Waals surface area contributed by atoms with E-state index in [4.69, 9.17) is 11.6 Å². The Labute approximate surface area is 105 Å². The molecule has 0 spiro atoms. The van der Waals surface area contributed by atoms with Crippen LogP contribution in [-0.2, 0) is 11.2 Å². The van der Waals surface area contributed by atoms with Crippen molar-refractivity contribution in [1.29, 1.82) is 0 Å². The van der Waals surface area contributed by atoms with Crippen molar-refractivity contribution in [3.8, 4) is 0 Å². The number of hydrogen-bond donors (Lipinski definition) is 2. The molecule has 0 aliphatic heterocycles. The van der Waals surface area contributed by atoms with Crippen molar-refractivity contribution in [3.05, 3.63) is 35.5 Å². The van der Waals surface area contributed by atoms with Crippen molar-refractivity contribution in [2.75, 3.05) is 12.4 Å². The first-order valence-electron chi connectivity index (χ1n) is 5.61. The lowest BCUT2D eigenvalue weighted by Gasteiger charge is -2.03. The summed E-state index contributed by atoms with van der Waals surface area (Å²) in [5, 5.41) is 4.00. The zero-order valence-electron chi connectivity index (χ0n) is 9.72. The van der Waals surface area contributed by atoms with Gasteiger partial charge in [-0.1, -0.05) is 18.2 Å². The lowest BCUT2D eigenvalue weighted by Crippen LogP contribution is -2.26. The predicted molar refractivity (Wildman–Crippen MR) is 70.5 cm³/mol. The van der Waals surface area contributed by atoms with Crippen molar-refractivity contribution in [3.63, 3.8) is 0 Å². The van der Waals surface area contributed by atoms with E-state index >= 15 is 0 Å². The topological polar surface area (TPSA) is 44.9 Å². The zero-order chi connectivity index (χ0) is 12.3. The fourth-order valence-corrected chi connectivity index (χ4v) is 2.13. The quantitative estimate of drug-likeness (QED) is 0.804. The maximum Gasteiger partial charge on any atom is 0.234 e. The van der Waals surface area contributed by atoms with Crippen molar-refractivity contribution < 1.29 is 4.79 Å². The van der Waals surface area contributed by atoms with Gasteiger partial charge in [-0.25, -0.2) is 0 Å². The molecule has 0 atom stereocenters. The molecule has 3 nitrogen and oxygen atoms in total. The summed E-state index contributed by atoms with van der Waals surface area (Å²) in [5.74, 6) is -0.100. The van der Waals surface area contributed by atoms with Gasteiger partial charge >= 0.3 is 0 Å². The number of aromatic amines is 1. The van der Waals surface area contributed by atoms with Crippen LogP contribution < -0.4 is 5.32 Å². The van der Waals surface area contributed by atoms with Crippen LogP contribution in [0.3, 0.4) is 0 Å². The Morgan fingerprint density at radius 3 is 2.94 bits per heavy atom. The molecular weight excluding hydrogens is 236 g/mol. The summed E-state index contributed by atoms with van der Waals surface area (Å²) in [6.07, 6.45) is 0.818. The standard InChI is InChI=1S/C13H15ClN2O/c1-9-10(6-7-15-13(17)8-14)11-4-2-3-5-12(11)16-9/h2-5,16H,6-8H2,1H3,(H,15,17). The van der Waals surface area contributed by atoms with E-state index in [0.29, 0.717) is 6.54 Å². The average Bonchev–Trinajstić information content (AvgIpc) is 2.66. The van der Waals surface area contributed by atoms with E-state index in [9.17, 15) is 4.79 Å². The Morgan fingerprint density at radius 1 is 1.41 bits per heavy atom. The number of hydrogen-bond acceptors (Lipinski definition) is 1. The van der Waals surface area contributed by atoms with E-state index in [1.54, 1.807) is 0 Å². The summed E-state index contributed by atoms with van der Waals surface area (Å²) in [7, 11) is 0. The van der Waals surface area contributed by atoms with Gasteiger partial charge in [-0.15, -0.1) is 11.6 Å². The molecule has 90 valence electrons. The third-order valence-electron chi connectivity index (χ3n) is 2.85. The molecule has 0 aliphatic carbocycles. The van der Waals surface area contributed by atoms with Crippen LogP contribution in [0.4, 0.5) is 0 Å². The lowest BCUT2D eigenvalue weighted by atomic mass is 10.1. The maximum atomic E-state index is 11.0. The minimum Gasteiger partial charge on any atom is -0.358 e. The van der Waals surface area contributed by atoms with Crippen molar-refractivity contribution in [1.82, 2.24) is 10.3 Å². The fourth-order valence-electron chi connectivity index (χ4n) is 2.03. The summed E-state index contributed by atoms with van der Waals surface area (Å²) >= 11 is 5.42. The number of fused-ring (bicyclic) bond motifs is 1. The second-order valence-corrected chi connectivity index (χ2v) is 4.27. The highest BCUT2D eigenvalue weighted by Gasteiger charge is 2.07. The van der Waals surface area contributed by atoms with Crippen LogP contribution in [0.25, 0.3) is 10.9 Å². The van der Waals surface area contributed by atoms with Crippen molar-refractivity contribution in [2.45, 2.75) is 13.3 Å². The van der Waals surface area contributed by atoms with Crippen LogP contribution in [0.5, 0.6) is 0 Å². The molecule has 4 heteroatoms. The van der Waals surface area contributed by atoms with E-state index in [2.05, 4.69) is 29.4 Å². The summed E-state index contributed by atoms with van der Waals surface area (Å²) in [6.45, 7) is 2.67. The summed E-state index contributed by atoms with van der Waals surface area (Å²) in [5.41, 5.74) is 3.56. The minimum absolute atomic E-state index is 0.0207. The number of amides is 1. The largest absolute Gasteiger partial charge is 0.358 e. The first kappa shape index (κ1) is 12.0. The molecule has 0 aliphatic rings. The first-order chi connectivity index (χ1) is 8.22. The molecule has 2 N–H and O–H groups in total. The van der Waals surface area contributed by atoms with E-state index < -0.39 is 0 Å². The number of aromatic nitrogens is 1. The van der Waals surface area contributed by atoms with Crippen LogP contribution in [0.2, 0.25) is 0 Å². The Kier molecular flexibility index (Phi) is 3.69. The third kappa shape index (κ3) is 2.61. The summed E-state index contributed by atoms with van der Waals surface area (Å²) in [6, 6.07) is 8.19. The smallest absolute Gasteiger partial charge is 0.234 e. The van der Waals surface area contributed by atoms with Gasteiger partial charge < -0.3 is 10.3 Å². The number of H-pyrrole nitrogens is 1. The van der Waals surface area contributed by atoms with Crippen LogP contribution in [0.15, 0.2) is 24.3 Å². The normalized spacial score (nSPS) is 10.7. The van der Waals surface area contributed by atoms with Crippen molar-refractivity contribution in [2.24, 2.45) is 0 Å². The van der Waals surface area contributed by atoms with Gasteiger partial charge in [-0.05, 0) is 25.0 Å². The molecule has 1 amide bonds. The van der Waals surface area contributed by atoms with Gasteiger partial charge in [0.2, 0.25) is 5.91 Å². The van der Waals surface area contributed by atoms with Gasteiger partial charge in [0.15, 0.2) is 0 Å². The number of rotatable bonds is 4. The molecule has 0 radical (unpaired) electrons. The van der Waals surface area contributed by atoms with Crippen LogP contribution in [-0.4, -0.2) is 23.3 Å². The number of carbonyl (C=O) groups is 1. The molecule has 2 aromatic rings. The Bertz CT molecular complexity index is 533. The summed E-state index contributed by atoms with van der Waals surface area (Å²) < 4.78 is 0. The van der Waals surface area contributed by atoms with Gasteiger partial charge in [0, 0.05) is 23.1 Å². The highest BCUT2D eigenvalue weighted by atomic mass is 35.5. The van der Waals surface area contributed by atoms with Crippen LogP contribution >= 0.6 is 11.6 Å². The number of nitrogens with one attached hydrogen (secondary N) is 2. The Hall–Kier alpha value is -1.48. The highest BCUT2D eigenvalue weighted by molar-refractivity contribution is 6.27. The SMILES string of the molecule is Cc1[nH]c2ccccc2c1CCNC(=O)CCl. The molecule has 1 aromatic carbocycles. The van der Waals surface area contributed by atoms with Crippen LogP contribution in [0.1, 0.15) is 11.3 Å². The number of halogens is 1. The van der Waals surface area contributed by atoms with Gasteiger partial charge in [-0.2, -0.15) is 0 Å². The Morgan fingerprint density at radius 2 is 2.18 bits per heavy atom. The number of benzene rings is 1. The Balaban J connectivity index is 2.12. The molecule has 17 heavy (non-hydrogen) atoms. The molecule has 1 heterocycles. The van der Waals surface area contributed by atoms with Gasteiger partial charge in [0.05, 0.1) is 0 Å². The zero-order valence-corrected chi connectivity index (χ0v) is 10.5. The second-order valence-electron chi connectivity index (χ2n) is 4.01. The second kappa shape index (κ2) is 5.23. The molecule has 0 unspecified atom stereocenters. The van der Waals surface area contributed by atoms with Gasteiger partial charge in [0.1, 0.15) is 5.88 Å². The van der Waals surface area contributed by atoms with E-state index in [-0.39, 0.29) is 11.8 Å².